The van der Waals surface area contributed by atoms with E-state index in [1.807, 2.05) is 0 Å². The van der Waals surface area contributed by atoms with Crippen molar-refractivity contribution >= 4 is 21.6 Å². The van der Waals surface area contributed by atoms with Crippen LogP contribution in [-0.4, -0.2) is 70.5 Å². The highest BCUT2D eigenvalue weighted by atomic mass is 32.2. The van der Waals surface area contributed by atoms with Crippen LogP contribution in [0, 0.1) is 0 Å². The van der Waals surface area contributed by atoms with E-state index in [0.717, 1.165) is 19.6 Å². The number of carbonyl (C=O) groups is 1. The summed E-state index contributed by atoms with van der Waals surface area (Å²) in [6.45, 7) is 5.40. The van der Waals surface area contributed by atoms with E-state index >= 15 is 0 Å². The summed E-state index contributed by atoms with van der Waals surface area (Å²) in [5.41, 5.74) is 0.844. The molecule has 1 saturated heterocycles. The Kier molecular flexibility index (Phi) is 6.96. The van der Waals surface area contributed by atoms with E-state index in [1.54, 1.807) is 30.3 Å². The van der Waals surface area contributed by atoms with Crippen LogP contribution >= 0.6 is 0 Å². The van der Waals surface area contributed by atoms with E-state index in [-0.39, 0.29) is 10.8 Å². The molecule has 9 heteroatoms. The fourth-order valence-electron chi connectivity index (χ4n) is 3.33. The van der Waals surface area contributed by atoms with E-state index in [1.165, 1.54) is 30.7 Å². The van der Waals surface area contributed by atoms with Crippen molar-refractivity contribution in [1.29, 1.82) is 0 Å². The molecule has 0 spiro atoms. The van der Waals surface area contributed by atoms with Crippen molar-refractivity contribution in [3.63, 3.8) is 0 Å². The van der Waals surface area contributed by atoms with Crippen molar-refractivity contribution in [3.05, 3.63) is 48.0 Å². The van der Waals surface area contributed by atoms with Crippen LogP contribution in [0.5, 0.6) is 11.5 Å². The molecule has 1 aliphatic heterocycles. The first-order chi connectivity index (χ1) is 14.4. The number of amides is 1. The zero-order chi connectivity index (χ0) is 21.7. The maximum atomic E-state index is 12.9. The lowest BCUT2D eigenvalue weighted by atomic mass is 10.1. The lowest BCUT2D eigenvalue weighted by molar-refractivity contribution is 0.102. The molecule has 0 unspecified atom stereocenters. The van der Waals surface area contributed by atoms with Crippen LogP contribution < -0.4 is 14.8 Å². The average molecular weight is 434 g/mol. The van der Waals surface area contributed by atoms with E-state index in [2.05, 4.69) is 17.1 Å². The summed E-state index contributed by atoms with van der Waals surface area (Å²) < 4.78 is 37.7. The van der Waals surface area contributed by atoms with Crippen molar-refractivity contribution in [2.45, 2.75) is 11.8 Å². The van der Waals surface area contributed by atoms with Crippen LogP contribution in [0.4, 0.5) is 5.69 Å². The molecule has 1 aliphatic rings. The standard InChI is InChI=1S/C21H27N3O5S/c1-4-23-11-13-24(14-12-23)30(26,27)18-8-5-16(6-9-18)22-21(25)19-10-7-17(28-2)15-20(19)29-3/h5-10,15H,4,11-14H2,1-3H3,(H,22,25). The highest BCUT2D eigenvalue weighted by molar-refractivity contribution is 7.89. The van der Waals surface area contributed by atoms with Crippen molar-refractivity contribution in [1.82, 2.24) is 9.21 Å². The number of piperazine rings is 1. The van der Waals surface area contributed by atoms with E-state index in [4.69, 9.17) is 9.47 Å². The number of anilines is 1. The molecular formula is C21H27N3O5S. The Morgan fingerprint density at radius 1 is 1.00 bits per heavy atom. The number of hydrogen-bond donors (Lipinski definition) is 1. The fourth-order valence-corrected chi connectivity index (χ4v) is 4.75. The molecule has 0 saturated carbocycles. The molecule has 0 aromatic heterocycles. The third-order valence-corrected chi connectivity index (χ3v) is 7.09. The van der Waals surface area contributed by atoms with Gasteiger partial charge in [-0.3, -0.25) is 4.79 Å². The van der Waals surface area contributed by atoms with Gasteiger partial charge in [0.05, 0.1) is 24.7 Å². The summed E-state index contributed by atoms with van der Waals surface area (Å²) in [6.07, 6.45) is 0. The number of ether oxygens (including phenoxy) is 2. The third kappa shape index (κ3) is 4.75. The van der Waals surface area contributed by atoms with Gasteiger partial charge in [0, 0.05) is 37.9 Å². The molecule has 0 atom stereocenters. The van der Waals surface area contributed by atoms with Gasteiger partial charge in [-0.25, -0.2) is 8.42 Å². The predicted octanol–water partition coefficient (Wildman–Crippen LogP) is 2.28. The summed E-state index contributed by atoms with van der Waals surface area (Å²) >= 11 is 0. The van der Waals surface area contributed by atoms with Gasteiger partial charge in [0.1, 0.15) is 11.5 Å². The molecule has 1 heterocycles. The van der Waals surface area contributed by atoms with Gasteiger partial charge >= 0.3 is 0 Å². The maximum absolute atomic E-state index is 12.9. The first-order valence-corrected chi connectivity index (χ1v) is 11.2. The van der Waals surface area contributed by atoms with Crippen LogP contribution in [0.1, 0.15) is 17.3 Å². The highest BCUT2D eigenvalue weighted by Gasteiger charge is 2.28. The van der Waals surface area contributed by atoms with Crippen molar-refractivity contribution in [3.8, 4) is 11.5 Å². The Hall–Kier alpha value is -2.62. The van der Waals surface area contributed by atoms with Gasteiger partial charge in [0.15, 0.2) is 0 Å². The Labute approximate surface area is 177 Å². The maximum Gasteiger partial charge on any atom is 0.259 e. The van der Waals surface area contributed by atoms with Crippen molar-refractivity contribution in [2.75, 3.05) is 52.3 Å². The number of nitrogens with zero attached hydrogens (tertiary/aromatic N) is 2. The van der Waals surface area contributed by atoms with E-state index < -0.39 is 10.0 Å². The van der Waals surface area contributed by atoms with Crippen LogP contribution in [-0.2, 0) is 10.0 Å². The second kappa shape index (κ2) is 9.46. The lowest BCUT2D eigenvalue weighted by Gasteiger charge is -2.33. The topological polar surface area (TPSA) is 88.2 Å². The van der Waals surface area contributed by atoms with Crippen molar-refractivity contribution < 1.29 is 22.7 Å². The quantitative estimate of drug-likeness (QED) is 0.721. The Balaban J connectivity index is 1.71. The molecule has 1 N–H and O–H groups in total. The van der Waals surface area contributed by atoms with Crippen molar-refractivity contribution in [2.24, 2.45) is 0 Å². The molecule has 8 nitrogen and oxygen atoms in total. The summed E-state index contributed by atoms with van der Waals surface area (Å²) in [7, 11) is -0.536. The first-order valence-electron chi connectivity index (χ1n) is 9.75. The molecule has 3 rings (SSSR count). The second-order valence-electron chi connectivity index (χ2n) is 6.88. The smallest absolute Gasteiger partial charge is 0.259 e. The number of carbonyl (C=O) groups excluding carboxylic acids is 1. The Morgan fingerprint density at radius 2 is 1.67 bits per heavy atom. The molecule has 2 aromatic carbocycles. The number of rotatable bonds is 7. The largest absolute Gasteiger partial charge is 0.497 e. The third-order valence-electron chi connectivity index (χ3n) is 5.18. The highest BCUT2D eigenvalue weighted by Crippen LogP contribution is 2.26. The summed E-state index contributed by atoms with van der Waals surface area (Å²) in [5.74, 6) is 0.607. The van der Waals surface area contributed by atoms with Gasteiger partial charge in [-0.2, -0.15) is 4.31 Å². The number of sulfonamides is 1. The average Bonchev–Trinajstić information content (AvgIpc) is 2.78. The van der Waals surface area contributed by atoms with Crippen LogP contribution in [0.3, 0.4) is 0 Å². The Bertz CT molecular complexity index is 984. The van der Waals surface area contributed by atoms with Gasteiger partial charge in [0.2, 0.25) is 10.0 Å². The summed E-state index contributed by atoms with van der Waals surface area (Å²) in [5, 5.41) is 2.77. The summed E-state index contributed by atoms with van der Waals surface area (Å²) in [4.78, 5) is 15.1. The zero-order valence-corrected chi connectivity index (χ0v) is 18.2. The molecule has 1 fully saturated rings. The number of benzene rings is 2. The van der Waals surface area contributed by atoms with Gasteiger partial charge in [0.25, 0.3) is 5.91 Å². The molecule has 0 radical (unpaired) electrons. The fraction of sp³-hybridized carbons (Fsp3) is 0.381. The second-order valence-corrected chi connectivity index (χ2v) is 8.82. The molecular weight excluding hydrogens is 406 g/mol. The first kappa shape index (κ1) is 22.1. The van der Waals surface area contributed by atoms with Gasteiger partial charge < -0.3 is 19.7 Å². The van der Waals surface area contributed by atoms with E-state index in [0.29, 0.717) is 35.8 Å². The predicted molar refractivity (Wildman–Crippen MR) is 115 cm³/mol. The molecule has 2 aromatic rings. The van der Waals surface area contributed by atoms with E-state index in [9.17, 15) is 13.2 Å². The molecule has 0 bridgehead atoms. The monoisotopic (exact) mass is 433 g/mol. The minimum absolute atomic E-state index is 0.215. The lowest BCUT2D eigenvalue weighted by Crippen LogP contribution is -2.48. The normalized spacial score (nSPS) is 15.6. The number of likely N-dealkylation sites (N-methyl/N-ethyl adjacent to an activating group) is 1. The van der Waals surface area contributed by atoms with Gasteiger partial charge in [-0.15, -0.1) is 0 Å². The molecule has 162 valence electrons. The number of methoxy groups -OCH3 is 2. The van der Waals surface area contributed by atoms with Crippen LogP contribution in [0.2, 0.25) is 0 Å². The number of hydrogen-bond acceptors (Lipinski definition) is 6. The molecule has 1 amide bonds. The summed E-state index contributed by atoms with van der Waals surface area (Å²) in [6, 6.07) is 11.1. The van der Waals surface area contributed by atoms with Crippen LogP contribution in [0.25, 0.3) is 0 Å². The minimum Gasteiger partial charge on any atom is -0.497 e. The van der Waals surface area contributed by atoms with Gasteiger partial charge in [-0.05, 0) is 42.9 Å². The molecule has 0 aliphatic carbocycles. The molecule has 30 heavy (non-hydrogen) atoms. The zero-order valence-electron chi connectivity index (χ0n) is 17.4. The van der Waals surface area contributed by atoms with Crippen LogP contribution in [0.15, 0.2) is 47.4 Å². The minimum atomic E-state index is -3.55. The SMILES string of the molecule is CCN1CCN(S(=O)(=O)c2ccc(NC(=O)c3ccc(OC)cc3OC)cc2)CC1. The van der Waals surface area contributed by atoms with Gasteiger partial charge in [-0.1, -0.05) is 6.92 Å². The Morgan fingerprint density at radius 3 is 2.23 bits per heavy atom. The number of nitrogens with one attached hydrogen (secondary N) is 1.